The summed E-state index contributed by atoms with van der Waals surface area (Å²) in [4.78, 5) is 0. The molecule has 0 aliphatic carbocycles. The molecule has 0 amide bonds. The lowest BCUT2D eigenvalue weighted by atomic mass is 10.1. The predicted octanol–water partition coefficient (Wildman–Crippen LogP) is 8.55. The van der Waals surface area contributed by atoms with Crippen LogP contribution in [-0.2, 0) is 6.42 Å². The number of fused-ring (bicyclic) bond motifs is 3. The third-order valence-corrected chi connectivity index (χ3v) is 7.99. The summed E-state index contributed by atoms with van der Waals surface area (Å²) in [6.07, 6.45) is 6.45. The van der Waals surface area contributed by atoms with Crippen molar-refractivity contribution in [2.45, 2.75) is 39.0 Å². The van der Waals surface area contributed by atoms with E-state index in [1.54, 1.807) is 0 Å². The second-order valence-electron chi connectivity index (χ2n) is 6.34. The molecule has 4 aromatic rings. The van der Waals surface area contributed by atoms with E-state index < -0.39 is 0 Å². The molecule has 0 radical (unpaired) electrons. The highest BCUT2D eigenvalue weighted by Gasteiger charge is 2.17. The number of rotatable bonds is 6. The Hall–Kier alpha value is -0.620. The minimum Gasteiger partial charge on any atom is -0.307 e. The van der Waals surface area contributed by atoms with Gasteiger partial charge in [-0.05, 0) is 74.5 Å². The Bertz CT molecular complexity index is 954. The molecule has 0 saturated heterocycles. The molecule has 3 aromatic heterocycles. The summed E-state index contributed by atoms with van der Waals surface area (Å²) < 4.78 is 7.48. The highest BCUT2D eigenvalue weighted by atomic mass is 79.9. The van der Waals surface area contributed by atoms with E-state index in [4.69, 9.17) is 0 Å². The van der Waals surface area contributed by atoms with E-state index in [1.807, 2.05) is 22.7 Å². The maximum atomic E-state index is 3.65. The molecular formula is C20H19Br2NS2. The van der Waals surface area contributed by atoms with Gasteiger partial charge in [-0.3, -0.25) is 0 Å². The van der Waals surface area contributed by atoms with Crippen molar-refractivity contribution >= 4 is 75.0 Å². The van der Waals surface area contributed by atoms with Crippen LogP contribution in [0.15, 0.2) is 44.0 Å². The summed E-state index contributed by atoms with van der Waals surface area (Å²) >= 11 is 10.9. The van der Waals surface area contributed by atoms with Crippen molar-refractivity contribution in [2.75, 3.05) is 0 Å². The van der Waals surface area contributed by atoms with E-state index in [1.165, 1.54) is 71.4 Å². The fraction of sp³-hybridized carbons (Fsp3) is 0.300. The average Bonchev–Trinajstić information content (AvgIpc) is 3.22. The van der Waals surface area contributed by atoms with Gasteiger partial charge in [-0.2, -0.15) is 0 Å². The Morgan fingerprint density at radius 2 is 1.44 bits per heavy atom. The van der Waals surface area contributed by atoms with Crippen LogP contribution in [0.5, 0.6) is 0 Å². The molecule has 0 aliphatic heterocycles. The van der Waals surface area contributed by atoms with Crippen LogP contribution < -0.4 is 0 Å². The van der Waals surface area contributed by atoms with Crippen molar-refractivity contribution in [3.63, 3.8) is 0 Å². The fourth-order valence-electron chi connectivity index (χ4n) is 3.34. The van der Waals surface area contributed by atoms with Crippen LogP contribution in [0.2, 0.25) is 0 Å². The standard InChI is InChI=1S/C20H19Br2NS2/c1-2-3-4-5-6-13-7-9-14(10-8-13)23-15-11-17(21)24-19(15)20-16(23)12-18(22)25-20/h7-12H,2-6H2,1H3. The number of aromatic nitrogens is 1. The maximum Gasteiger partial charge on any atom is 0.0727 e. The van der Waals surface area contributed by atoms with Crippen LogP contribution in [0.25, 0.3) is 26.1 Å². The first-order valence-electron chi connectivity index (χ1n) is 8.65. The number of halogens is 2. The first-order chi connectivity index (χ1) is 12.2. The highest BCUT2D eigenvalue weighted by Crippen LogP contribution is 2.44. The third-order valence-electron chi connectivity index (χ3n) is 4.57. The molecule has 0 unspecified atom stereocenters. The van der Waals surface area contributed by atoms with Crippen LogP contribution in [0.1, 0.15) is 38.2 Å². The zero-order valence-electron chi connectivity index (χ0n) is 14.0. The van der Waals surface area contributed by atoms with Crippen LogP contribution in [0, 0.1) is 0 Å². The summed E-state index contributed by atoms with van der Waals surface area (Å²) in [6, 6.07) is 13.6. The Labute approximate surface area is 172 Å². The van der Waals surface area contributed by atoms with Gasteiger partial charge >= 0.3 is 0 Å². The third kappa shape index (κ3) is 3.48. The second-order valence-corrected chi connectivity index (χ2v) is 11.2. The van der Waals surface area contributed by atoms with Crippen LogP contribution >= 0.6 is 54.5 Å². The fourth-order valence-corrected chi connectivity index (χ4v) is 6.63. The first-order valence-corrected chi connectivity index (χ1v) is 11.9. The summed E-state index contributed by atoms with van der Waals surface area (Å²) in [6.45, 7) is 2.26. The molecule has 0 fully saturated rings. The van der Waals surface area contributed by atoms with Gasteiger partial charge in [0.15, 0.2) is 0 Å². The Morgan fingerprint density at radius 1 is 0.840 bits per heavy atom. The van der Waals surface area contributed by atoms with E-state index in [-0.39, 0.29) is 0 Å². The molecule has 0 saturated carbocycles. The molecular weight excluding hydrogens is 478 g/mol. The topological polar surface area (TPSA) is 4.93 Å². The molecule has 0 N–H and O–H groups in total. The van der Waals surface area contributed by atoms with Gasteiger partial charge in [0.05, 0.1) is 28.0 Å². The van der Waals surface area contributed by atoms with Gasteiger partial charge in [0.2, 0.25) is 0 Å². The quantitative estimate of drug-likeness (QED) is 0.235. The number of benzene rings is 1. The van der Waals surface area contributed by atoms with E-state index in [0.29, 0.717) is 0 Å². The van der Waals surface area contributed by atoms with Crippen molar-refractivity contribution in [3.05, 3.63) is 49.5 Å². The van der Waals surface area contributed by atoms with Gasteiger partial charge in [0.1, 0.15) is 0 Å². The Balaban J connectivity index is 1.70. The molecule has 0 atom stereocenters. The normalized spacial score (nSPS) is 11.8. The number of thiophene rings is 2. The molecule has 3 heterocycles. The number of aryl methyl sites for hydroxylation is 1. The number of hydrogen-bond donors (Lipinski definition) is 0. The van der Waals surface area contributed by atoms with E-state index in [9.17, 15) is 0 Å². The number of nitrogens with zero attached hydrogens (tertiary/aromatic N) is 1. The predicted molar refractivity (Wildman–Crippen MR) is 120 cm³/mol. The largest absolute Gasteiger partial charge is 0.307 e. The van der Waals surface area contributed by atoms with Crippen LogP contribution in [0.4, 0.5) is 0 Å². The Kier molecular flexibility index (Phi) is 5.37. The molecule has 4 rings (SSSR count). The minimum atomic E-state index is 1.19. The molecule has 0 bridgehead atoms. The second kappa shape index (κ2) is 7.55. The van der Waals surface area contributed by atoms with Crippen molar-refractivity contribution < 1.29 is 0 Å². The molecule has 0 spiro atoms. The number of hydrogen-bond acceptors (Lipinski definition) is 2. The molecule has 0 aliphatic rings. The molecule has 1 aromatic carbocycles. The molecule has 5 heteroatoms. The Morgan fingerprint density at radius 3 is 2.00 bits per heavy atom. The SMILES string of the molecule is CCCCCCc1ccc(-n2c3cc(Br)sc3c3sc(Br)cc32)cc1. The zero-order chi connectivity index (χ0) is 17.4. The summed E-state index contributed by atoms with van der Waals surface area (Å²) in [5.74, 6) is 0. The van der Waals surface area contributed by atoms with E-state index >= 15 is 0 Å². The van der Waals surface area contributed by atoms with E-state index in [0.717, 1.165) is 0 Å². The van der Waals surface area contributed by atoms with Gasteiger partial charge in [-0.25, -0.2) is 0 Å². The summed E-state index contributed by atoms with van der Waals surface area (Å²) in [5.41, 5.74) is 5.27. The lowest BCUT2D eigenvalue weighted by molar-refractivity contribution is 0.667. The maximum absolute atomic E-state index is 3.65. The van der Waals surface area contributed by atoms with Crippen molar-refractivity contribution in [3.8, 4) is 5.69 Å². The van der Waals surface area contributed by atoms with Crippen molar-refractivity contribution in [2.24, 2.45) is 0 Å². The highest BCUT2D eigenvalue weighted by molar-refractivity contribution is 9.11. The van der Waals surface area contributed by atoms with Crippen molar-refractivity contribution in [1.82, 2.24) is 4.57 Å². The van der Waals surface area contributed by atoms with Crippen LogP contribution in [-0.4, -0.2) is 4.57 Å². The van der Waals surface area contributed by atoms with E-state index in [2.05, 4.69) is 79.7 Å². The monoisotopic (exact) mass is 495 g/mol. The lowest BCUT2D eigenvalue weighted by Gasteiger charge is -2.08. The zero-order valence-corrected chi connectivity index (χ0v) is 18.8. The van der Waals surface area contributed by atoms with Gasteiger partial charge in [-0.1, -0.05) is 38.3 Å². The summed E-state index contributed by atoms with van der Waals surface area (Å²) in [5, 5.41) is 0. The molecule has 25 heavy (non-hydrogen) atoms. The number of unbranched alkanes of at least 4 members (excludes halogenated alkanes) is 3. The smallest absolute Gasteiger partial charge is 0.0727 e. The van der Waals surface area contributed by atoms with Crippen LogP contribution in [0.3, 0.4) is 0 Å². The molecule has 130 valence electrons. The van der Waals surface area contributed by atoms with Crippen molar-refractivity contribution in [1.29, 1.82) is 0 Å². The molecule has 1 nitrogen and oxygen atoms in total. The van der Waals surface area contributed by atoms with Gasteiger partial charge in [-0.15, -0.1) is 22.7 Å². The first kappa shape index (κ1) is 17.8. The van der Waals surface area contributed by atoms with Gasteiger partial charge < -0.3 is 4.57 Å². The van der Waals surface area contributed by atoms with Gasteiger partial charge in [0.25, 0.3) is 0 Å². The lowest BCUT2D eigenvalue weighted by Crippen LogP contribution is -1.93. The minimum absolute atomic E-state index is 1.19. The van der Waals surface area contributed by atoms with Gasteiger partial charge in [0, 0.05) is 5.69 Å². The summed E-state index contributed by atoms with van der Waals surface area (Å²) in [7, 11) is 0. The average molecular weight is 497 g/mol.